The number of hydrogen-bond acceptors (Lipinski definition) is 6. The van der Waals surface area contributed by atoms with Crippen LogP contribution in [0.25, 0.3) is 0 Å². The molecule has 1 rings (SSSR count). The summed E-state index contributed by atoms with van der Waals surface area (Å²) < 4.78 is 0. The van der Waals surface area contributed by atoms with Crippen LogP contribution in [0.15, 0.2) is 18.2 Å². The molecule has 0 aromatic heterocycles. The molecular weight excluding hydrogens is 284 g/mol. The molecule has 0 aliphatic rings. The summed E-state index contributed by atoms with van der Waals surface area (Å²) in [5.74, 6) is -1.94. The van der Waals surface area contributed by atoms with E-state index in [9.17, 15) is 29.9 Å². The molecule has 0 saturated carbocycles. The van der Waals surface area contributed by atoms with Crippen LogP contribution in [0, 0.1) is 10.1 Å². The first-order chi connectivity index (χ1) is 9.75. The van der Waals surface area contributed by atoms with E-state index in [0.29, 0.717) is 0 Å². The molecule has 21 heavy (non-hydrogen) atoms. The van der Waals surface area contributed by atoms with E-state index in [1.165, 1.54) is 6.92 Å². The number of carboxylic acids is 1. The predicted octanol–water partition coefficient (Wildman–Crippen LogP) is -0.177. The number of nitro benzene ring substituents is 1. The first-order valence-corrected chi connectivity index (χ1v) is 5.86. The fraction of sp³-hybridized carbons (Fsp3) is 0.333. The Bertz CT molecular complexity index is 540. The molecule has 114 valence electrons. The van der Waals surface area contributed by atoms with Crippen molar-refractivity contribution in [3.8, 4) is 0 Å². The van der Waals surface area contributed by atoms with E-state index in [1.54, 1.807) is 0 Å². The van der Waals surface area contributed by atoms with E-state index in [4.69, 9.17) is 5.11 Å². The molecule has 0 fully saturated rings. The summed E-state index contributed by atoms with van der Waals surface area (Å²) in [5, 5.41) is 41.9. The number of amides is 1. The molecule has 9 nitrogen and oxygen atoms in total. The minimum absolute atomic E-state index is 0.373. The maximum Gasteiger partial charge on any atom is 0.336 e. The van der Waals surface area contributed by atoms with Crippen molar-refractivity contribution < 1.29 is 29.8 Å². The van der Waals surface area contributed by atoms with Crippen LogP contribution in [0.3, 0.4) is 0 Å². The number of nitrogens with one attached hydrogen (secondary N) is 1. The molecule has 4 N–H and O–H groups in total. The maximum atomic E-state index is 11.1. The quantitative estimate of drug-likeness (QED) is 0.420. The van der Waals surface area contributed by atoms with Crippen molar-refractivity contribution in [3.05, 3.63) is 39.4 Å². The van der Waals surface area contributed by atoms with E-state index >= 15 is 0 Å². The van der Waals surface area contributed by atoms with Crippen LogP contribution in [0.5, 0.6) is 0 Å². The third kappa shape index (κ3) is 3.97. The second kappa shape index (κ2) is 6.77. The summed E-state index contributed by atoms with van der Waals surface area (Å²) in [7, 11) is 0. The summed E-state index contributed by atoms with van der Waals surface area (Å²) in [5.41, 5.74) is -1.62. The third-order valence-corrected chi connectivity index (χ3v) is 2.73. The Morgan fingerprint density at radius 2 is 2.00 bits per heavy atom. The van der Waals surface area contributed by atoms with Crippen LogP contribution in [0.2, 0.25) is 0 Å². The Balaban J connectivity index is 3.22. The van der Waals surface area contributed by atoms with Gasteiger partial charge in [-0.15, -0.1) is 0 Å². The molecule has 2 atom stereocenters. The normalized spacial score (nSPS) is 13.3. The highest BCUT2D eigenvalue weighted by molar-refractivity contribution is 5.91. The number of carboxylic acid groups (broad SMARTS) is 1. The molecule has 0 saturated heterocycles. The Morgan fingerprint density at radius 3 is 2.48 bits per heavy atom. The minimum Gasteiger partial charge on any atom is -0.478 e. The summed E-state index contributed by atoms with van der Waals surface area (Å²) in [6.45, 7) is 0.814. The van der Waals surface area contributed by atoms with Gasteiger partial charge < -0.3 is 20.6 Å². The summed E-state index contributed by atoms with van der Waals surface area (Å²) in [4.78, 5) is 31.9. The number of hydrogen-bond donors (Lipinski definition) is 4. The zero-order chi connectivity index (χ0) is 16.2. The van der Waals surface area contributed by atoms with Gasteiger partial charge in [0, 0.05) is 19.5 Å². The van der Waals surface area contributed by atoms with E-state index < -0.39 is 45.8 Å². The molecule has 0 aliphatic heterocycles. The van der Waals surface area contributed by atoms with Crippen LogP contribution in [-0.2, 0) is 4.79 Å². The standard InChI is InChI=1S/C12H14N2O7/c1-6(15)13-5-9(16)11(17)10-7(12(18)19)3-2-4-8(10)14(20)21/h2-4,9,11,16-17H,5H2,1H3,(H,13,15)(H,18,19). The average Bonchev–Trinajstić information content (AvgIpc) is 2.42. The van der Waals surface area contributed by atoms with Crippen LogP contribution in [0.4, 0.5) is 5.69 Å². The number of carbonyl (C=O) groups excluding carboxylic acids is 1. The number of aliphatic hydroxyl groups excluding tert-OH is 2. The fourth-order valence-electron chi connectivity index (χ4n) is 1.76. The zero-order valence-corrected chi connectivity index (χ0v) is 11.0. The second-order valence-corrected chi connectivity index (χ2v) is 4.25. The first-order valence-electron chi connectivity index (χ1n) is 5.86. The molecule has 1 aromatic rings. The van der Waals surface area contributed by atoms with Crippen molar-refractivity contribution in [1.29, 1.82) is 0 Å². The van der Waals surface area contributed by atoms with Crippen molar-refractivity contribution in [2.24, 2.45) is 0 Å². The number of aromatic carboxylic acids is 1. The molecule has 0 spiro atoms. The fourth-order valence-corrected chi connectivity index (χ4v) is 1.76. The van der Waals surface area contributed by atoms with Gasteiger partial charge in [-0.3, -0.25) is 14.9 Å². The Morgan fingerprint density at radius 1 is 1.38 bits per heavy atom. The van der Waals surface area contributed by atoms with Crippen molar-refractivity contribution in [1.82, 2.24) is 5.32 Å². The second-order valence-electron chi connectivity index (χ2n) is 4.25. The molecule has 1 amide bonds. The molecule has 2 unspecified atom stereocenters. The van der Waals surface area contributed by atoms with Crippen molar-refractivity contribution >= 4 is 17.6 Å². The lowest BCUT2D eigenvalue weighted by atomic mass is 9.96. The average molecular weight is 298 g/mol. The van der Waals surface area contributed by atoms with Crippen molar-refractivity contribution in [2.75, 3.05) is 6.54 Å². The lowest BCUT2D eigenvalue weighted by Gasteiger charge is -2.19. The van der Waals surface area contributed by atoms with Gasteiger partial charge in [-0.05, 0) is 6.07 Å². The van der Waals surface area contributed by atoms with Crippen LogP contribution in [-0.4, -0.2) is 44.8 Å². The first kappa shape index (κ1) is 16.5. The molecular formula is C12H14N2O7. The Labute approximate surface area is 119 Å². The highest BCUT2D eigenvalue weighted by atomic mass is 16.6. The lowest BCUT2D eigenvalue weighted by Crippen LogP contribution is -2.35. The van der Waals surface area contributed by atoms with Gasteiger partial charge in [-0.2, -0.15) is 0 Å². The van der Waals surface area contributed by atoms with Crippen molar-refractivity contribution in [3.63, 3.8) is 0 Å². The molecule has 0 bridgehead atoms. The van der Waals surface area contributed by atoms with E-state index in [0.717, 1.165) is 18.2 Å². The van der Waals surface area contributed by atoms with Gasteiger partial charge in [-0.25, -0.2) is 4.79 Å². The molecule has 0 aliphatic carbocycles. The molecule has 0 heterocycles. The van der Waals surface area contributed by atoms with Gasteiger partial charge in [0.25, 0.3) is 5.69 Å². The van der Waals surface area contributed by atoms with E-state index in [2.05, 4.69) is 5.32 Å². The van der Waals surface area contributed by atoms with Crippen molar-refractivity contribution in [2.45, 2.75) is 19.1 Å². The summed E-state index contributed by atoms with van der Waals surface area (Å²) in [6, 6.07) is 3.27. The molecule has 1 aromatic carbocycles. The predicted molar refractivity (Wildman–Crippen MR) is 69.7 cm³/mol. The number of rotatable bonds is 6. The summed E-state index contributed by atoms with van der Waals surface area (Å²) in [6.07, 6.45) is -3.42. The minimum atomic E-state index is -1.83. The third-order valence-electron chi connectivity index (χ3n) is 2.73. The number of carbonyl (C=O) groups is 2. The molecule has 9 heteroatoms. The van der Waals surface area contributed by atoms with Gasteiger partial charge in [0.05, 0.1) is 16.1 Å². The monoisotopic (exact) mass is 298 g/mol. The Hall–Kier alpha value is -2.52. The highest BCUT2D eigenvalue weighted by Crippen LogP contribution is 2.30. The van der Waals surface area contributed by atoms with Crippen LogP contribution in [0.1, 0.15) is 28.9 Å². The van der Waals surface area contributed by atoms with Gasteiger partial charge in [0.15, 0.2) is 0 Å². The number of benzene rings is 1. The summed E-state index contributed by atoms with van der Waals surface area (Å²) >= 11 is 0. The van der Waals surface area contributed by atoms with Crippen LogP contribution < -0.4 is 5.32 Å². The zero-order valence-electron chi connectivity index (χ0n) is 11.0. The highest BCUT2D eigenvalue weighted by Gasteiger charge is 2.31. The Kier molecular flexibility index (Phi) is 5.33. The van der Waals surface area contributed by atoms with Gasteiger partial charge in [0.2, 0.25) is 5.91 Å². The van der Waals surface area contributed by atoms with E-state index in [1.807, 2.05) is 0 Å². The van der Waals surface area contributed by atoms with Gasteiger partial charge in [0.1, 0.15) is 12.2 Å². The number of aliphatic hydroxyl groups is 2. The largest absolute Gasteiger partial charge is 0.478 e. The van der Waals surface area contributed by atoms with Crippen LogP contribution >= 0.6 is 0 Å². The SMILES string of the molecule is CC(=O)NCC(O)C(O)c1c(C(=O)O)cccc1[N+](=O)[O-]. The van der Waals surface area contributed by atoms with Gasteiger partial charge in [-0.1, -0.05) is 6.07 Å². The maximum absolute atomic E-state index is 11.1. The topological polar surface area (TPSA) is 150 Å². The molecule has 0 radical (unpaired) electrons. The number of nitrogens with zero attached hydrogens (tertiary/aromatic N) is 1. The van der Waals surface area contributed by atoms with E-state index in [-0.39, 0.29) is 6.54 Å². The lowest BCUT2D eigenvalue weighted by molar-refractivity contribution is -0.386. The number of nitro groups is 1. The smallest absolute Gasteiger partial charge is 0.336 e. The van der Waals surface area contributed by atoms with Gasteiger partial charge >= 0.3 is 5.97 Å².